The lowest BCUT2D eigenvalue weighted by molar-refractivity contribution is 0.111. The molecule has 88 valence electrons. The van der Waals surface area contributed by atoms with Gasteiger partial charge in [0, 0.05) is 0 Å². The molecule has 1 aromatic rings. The van der Waals surface area contributed by atoms with Gasteiger partial charge in [0.25, 0.3) is 0 Å². The zero-order valence-electron chi connectivity index (χ0n) is 10.2. The monoisotopic (exact) mass is 220 g/mol. The number of aldehydes is 1. The van der Waals surface area contributed by atoms with Gasteiger partial charge in [0.1, 0.15) is 5.75 Å². The second-order valence-corrected chi connectivity index (χ2v) is 4.07. The highest BCUT2D eigenvalue weighted by molar-refractivity contribution is 5.79. The minimum atomic E-state index is 0.649. The number of ether oxygens (including phenoxy) is 1. The first-order valence-electron chi connectivity index (χ1n) is 5.96. The largest absolute Gasteiger partial charge is 0.493 e. The van der Waals surface area contributed by atoms with E-state index in [1.807, 2.05) is 25.1 Å². The summed E-state index contributed by atoms with van der Waals surface area (Å²) in [5.41, 5.74) is 1.73. The molecule has 0 aliphatic rings. The molecule has 0 bridgehead atoms. The first kappa shape index (κ1) is 12.8. The van der Waals surface area contributed by atoms with E-state index in [0.29, 0.717) is 17.9 Å². The van der Waals surface area contributed by atoms with Crippen molar-refractivity contribution in [1.29, 1.82) is 0 Å². The Kier molecular flexibility index (Phi) is 5.62. The number of rotatable bonds is 7. The van der Waals surface area contributed by atoms with Crippen molar-refractivity contribution < 1.29 is 9.53 Å². The predicted molar refractivity (Wildman–Crippen MR) is 66.2 cm³/mol. The average molecular weight is 220 g/mol. The van der Waals surface area contributed by atoms with Crippen LogP contribution in [0.4, 0.5) is 0 Å². The summed E-state index contributed by atoms with van der Waals surface area (Å²) in [6.07, 6.45) is 5.58. The highest BCUT2D eigenvalue weighted by Crippen LogP contribution is 2.18. The summed E-state index contributed by atoms with van der Waals surface area (Å²) in [4.78, 5) is 10.8. The Morgan fingerprint density at radius 2 is 2.06 bits per heavy atom. The molecule has 16 heavy (non-hydrogen) atoms. The van der Waals surface area contributed by atoms with Crippen LogP contribution < -0.4 is 4.74 Å². The minimum Gasteiger partial charge on any atom is -0.493 e. The molecule has 1 rings (SSSR count). The molecule has 0 saturated heterocycles. The summed E-state index contributed by atoms with van der Waals surface area (Å²) in [5, 5.41) is 0. The van der Waals surface area contributed by atoms with Gasteiger partial charge in [-0.2, -0.15) is 0 Å². The van der Waals surface area contributed by atoms with Crippen molar-refractivity contribution in [1.82, 2.24) is 0 Å². The van der Waals surface area contributed by atoms with Crippen LogP contribution in [-0.2, 0) is 0 Å². The Morgan fingerprint density at radius 1 is 1.25 bits per heavy atom. The van der Waals surface area contributed by atoms with Gasteiger partial charge in [0.15, 0.2) is 6.29 Å². The van der Waals surface area contributed by atoms with Gasteiger partial charge in [-0.3, -0.25) is 4.79 Å². The number of carbonyl (C=O) groups excluding carboxylic acids is 1. The van der Waals surface area contributed by atoms with Crippen molar-refractivity contribution in [2.45, 2.75) is 39.5 Å². The van der Waals surface area contributed by atoms with Crippen LogP contribution in [0.3, 0.4) is 0 Å². The van der Waals surface area contributed by atoms with Crippen LogP contribution in [0, 0.1) is 6.92 Å². The van der Waals surface area contributed by atoms with E-state index in [4.69, 9.17) is 4.74 Å². The van der Waals surface area contributed by atoms with E-state index in [1.165, 1.54) is 19.3 Å². The van der Waals surface area contributed by atoms with E-state index in [1.54, 1.807) is 0 Å². The van der Waals surface area contributed by atoms with Crippen LogP contribution >= 0.6 is 0 Å². The number of unbranched alkanes of at least 4 members (excludes halogenated alkanes) is 3. The lowest BCUT2D eigenvalue weighted by Crippen LogP contribution is -2.00. The molecule has 1 aromatic carbocycles. The van der Waals surface area contributed by atoms with Crippen LogP contribution in [-0.4, -0.2) is 12.9 Å². The molecule has 0 spiro atoms. The van der Waals surface area contributed by atoms with Gasteiger partial charge in [-0.1, -0.05) is 37.8 Å². The van der Waals surface area contributed by atoms with Crippen LogP contribution in [0.1, 0.15) is 48.5 Å². The molecule has 0 N–H and O–H groups in total. The fourth-order valence-corrected chi connectivity index (χ4v) is 1.60. The minimum absolute atomic E-state index is 0.649. The van der Waals surface area contributed by atoms with Crippen LogP contribution in [0.2, 0.25) is 0 Å². The number of hydrogen-bond donors (Lipinski definition) is 0. The van der Waals surface area contributed by atoms with Gasteiger partial charge in [0.05, 0.1) is 12.2 Å². The van der Waals surface area contributed by atoms with E-state index in [0.717, 1.165) is 18.3 Å². The molecule has 2 nitrogen and oxygen atoms in total. The van der Waals surface area contributed by atoms with Crippen molar-refractivity contribution in [2.75, 3.05) is 6.61 Å². The molecular weight excluding hydrogens is 200 g/mol. The van der Waals surface area contributed by atoms with Gasteiger partial charge in [0.2, 0.25) is 0 Å². The standard InChI is InChI=1S/C14H20O2/c1-3-4-5-6-9-16-14-8-7-12(2)10-13(14)11-15/h7-8,10-11H,3-6,9H2,1-2H3. The fraction of sp³-hybridized carbons (Fsp3) is 0.500. The highest BCUT2D eigenvalue weighted by Gasteiger charge is 2.02. The van der Waals surface area contributed by atoms with Gasteiger partial charge in [-0.15, -0.1) is 0 Å². The number of benzene rings is 1. The molecule has 0 unspecified atom stereocenters. The second-order valence-electron chi connectivity index (χ2n) is 4.07. The van der Waals surface area contributed by atoms with E-state index < -0.39 is 0 Å². The lowest BCUT2D eigenvalue weighted by atomic mass is 10.1. The molecule has 0 heterocycles. The zero-order chi connectivity index (χ0) is 11.8. The van der Waals surface area contributed by atoms with E-state index >= 15 is 0 Å². The molecule has 0 aliphatic carbocycles. The second kappa shape index (κ2) is 7.04. The third-order valence-corrected chi connectivity index (χ3v) is 2.55. The fourth-order valence-electron chi connectivity index (χ4n) is 1.60. The average Bonchev–Trinajstić information content (AvgIpc) is 2.30. The van der Waals surface area contributed by atoms with Gasteiger partial charge in [-0.25, -0.2) is 0 Å². The summed E-state index contributed by atoms with van der Waals surface area (Å²) in [6, 6.07) is 5.70. The quantitative estimate of drug-likeness (QED) is 0.516. The Morgan fingerprint density at radius 3 is 2.75 bits per heavy atom. The van der Waals surface area contributed by atoms with Crippen molar-refractivity contribution >= 4 is 6.29 Å². The summed E-state index contributed by atoms with van der Waals surface area (Å²) in [5.74, 6) is 0.706. The molecular formula is C14H20O2. The van der Waals surface area contributed by atoms with E-state index in [-0.39, 0.29) is 0 Å². The Labute approximate surface area is 97.6 Å². The van der Waals surface area contributed by atoms with Crippen LogP contribution in [0.25, 0.3) is 0 Å². The smallest absolute Gasteiger partial charge is 0.153 e. The number of aryl methyl sites for hydroxylation is 1. The van der Waals surface area contributed by atoms with Crippen molar-refractivity contribution in [3.05, 3.63) is 29.3 Å². The highest BCUT2D eigenvalue weighted by atomic mass is 16.5. The Bertz CT molecular complexity index is 332. The number of carbonyl (C=O) groups is 1. The summed E-state index contributed by atoms with van der Waals surface area (Å²) < 4.78 is 5.60. The van der Waals surface area contributed by atoms with Crippen molar-refractivity contribution in [3.63, 3.8) is 0 Å². The maximum Gasteiger partial charge on any atom is 0.153 e. The van der Waals surface area contributed by atoms with Crippen LogP contribution in [0.15, 0.2) is 18.2 Å². The van der Waals surface area contributed by atoms with Gasteiger partial charge < -0.3 is 4.74 Å². The predicted octanol–water partition coefficient (Wildman–Crippen LogP) is 3.77. The summed E-state index contributed by atoms with van der Waals surface area (Å²) >= 11 is 0. The molecule has 0 amide bonds. The van der Waals surface area contributed by atoms with E-state index in [9.17, 15) is 4.79 Å². The van der Waals surface area contributed by atoms with Crippen molar-refractivity contribution in [3.8, 4) is 5.75 Å². The summed E-state index contributed by atoms with van der Waals surface area (Å²) in [6.45, 7) is 4.85. The van der Waals surface area contributed by atoms with Gasteiger partial charge >= 0.3 is 0 Å². The SMILES string of the molecule is CCCCCCOc1ccc(C)cc1C=O. The van der Waals surface area contributed by atoms with Crippen molar-refractivity contribution in [2.24, 2.45) is 0 Å². The third kappa shape index (κ3) is 4.05. The van der Waals surface area contributed by atoms with E-state index in [2.05, 4.69) is 6.92 Å². The molecule has 2 heteroatoms. The van der Waals surface area contributed by atoms with Crippen LogP contribution in [0.5, 0.6) is 5.75 Å². The molecule has 0 atom stereocenters. The molecule has 0 saturated carbocycles. The number of hydrogen-bond acceptors (Lipinski definition) is 2. The first-order chi connectivity index (χ1) is 7.77. The lowest BCUT2D eigenvalue weighted by Gasteiger charge is -2.08. The molecule has 0 aliphatic heterocycles. The summed E-state index contributed by atoms with van der Waals surface area (Å²) in [7, 11) is 0. The molecule has 0 aromatic heterocycles. The Hall–Kier alpha value is -1.31. The topological polar surface area (TPSA) is 26.3 Å². The maximum absolute atomic E-state index is 10.8. The Balaban J connectivity index is 2.44. The maximum atomic E-state index is 10.8. The van der Waals surface area contributed by atoms with Gasteiger partial charge in [-0.05, 0) is 25.5 Å². The zero-order valence-corrected chi connectivity index (χ0v) is 10.2. The molecule has 0 fully saturated rings. The normalized spacial score (nSPS) is 10.1. The first-order valence-corrected chi connectivity index (χ1v) is 5.96. The third-order valence-electron chi connectivity index (χ3n) is 2.55. The molecule has 0 radical (unpaired) electrons.